The van der Waals surface area contributed by atoms with E-state index in [9.17, 15) is 10.1 Å². The van der Waals surface area contributed by atoms with Crippen LogP contribution in [0.2, 0.25) is 10.0 Å². The molecule has 7 heteroatoms. The number of nitrogens with zero attached hydrogens (tertiary/aromatic N) is 2. The van der Waals surface area contributed by atoms with E-state index in [2.05, 4.69) is 5.32 Å². The third kappa shape index (κ3) is 2.86. The van der Waals surface area contributed by atoms with Crippen LogP contribution in [0.5, 0.6) is 0 Å². The van der Waals surface area contributed by atoms with Crippen LogP contribution in [0, 0.1) is 10.1 Å². The molecule has 2 rings (SSSR count). The quantitative estimate of drug-likeness (QED) is 0.685. The van der Waals surface area contributed by atoms with E-state index in [1.807, 2.05) is 4.90 Å². The number of halogens is 2. The van der Waals surface area contributed by atoms with Crippen LogP contribution in [0.3, 0.4) is 0 Å². The summed E-state index contributed by atoms with van der Waals surface area (Å²) in [6.07, 6.45) is 0.956. The average molecular weight is 288 g/mol. The molecule has 0 aliphatic carbocycles. The maximum atomic E-state index is 10.5. The van der Waals surface area contributed by atoms with E-state index in [0.717, 1.165) is 11.8 Å². The molecule has 0 bridgehead atoms. The lowest BCUT2D eigenvalue weighted by Gasteiger charge is -2.18. The van der Waals surface area contributed by atoms with E-state index in [1.165, 1.54) is 0 Å². The molecule has 1 fully saturated rings. The lowest BCUT2D eigenvalue weighted by molar-refractivity contribution is -0.404. The van der Waals surface area contributed by atoms with Crippen molar-refractivity contribution in [1.82, 2.24) is 10.2 Å². The first kappa shape index (κ1) is 13.0. The first-order chi connectivity index (χ1) is 8.58. The molecule has 0 spiro atoms. The fraction of sp³-hybridized carbons (Fsp3) is 0.273. The van der Waals surface area contributed by atoms with Gasteiger partial charge in [-0.15, -0.1) is 0 Å². The normalized spacial score (nSPS) is 17.0. The molecule has 1 aliphatic rings. The van der Waals surface area contributed by atoms with Crippen LogP contribution in [0.15, 0.2) is 30.2 Å². The molecule has 1 heterocycles. The van der Waals surface area contributed by atoms with Crippen LogP contribution in [0.1, 0.15) is 5.56 Å². The van der Waals surface area contributed by atoms with E-state index in [1.54, 1.807) is 18.2 Å². The maximum Gasteiger partial charge on any atom is 0.274 e. The first-order valence-electron chi connectivity index (χ1n) is 5.35. The molecule has 0 aromatic heterocycles. The van der Waals surface area contributed by atoms with Crippen molar-refractivity contribution in [1.29, 1.82) is 0 Å². The van der Waals surface area contributed by atoms with Crippen molar-refractivity contribution in [2.45, 2.75) is 6.54 Å². The summed E-state index contributed by atoms with van der Waals surface area (Å²) < 4.78 is 0. The number of nitrogens with one attached hydrogen (secondary N) is 1. The fourth-order valence-electron chi connectivity index (χ4n) is 1.82. The zero-order chi connectivity index (χ0) is 13.1. The van der Waals surface area contributed by atoms with Crippen LogP contribution in [0.25, 0.3) is 0 Å². The molecule has 96 valence electrons. The second-order valence-corrected chi connectivity index (χ2v) is 4.66. The second-order valence-electron chi connectivity index (χ2n) is 3.85. The zero-order valence-electron chi connectivity index (χ0n) is 9.40. The molecule has 1 N–H and O–H groups in total. The molecule has 1 aromatic rings. The van der Waals surface area contributed by atoms with Crippen LogP contribution in [0.4, 0.5) is 0 Å². The van der Waals surface area contributed by atoms with E-state index >= 15 is 0 Å². The van der Waals surface area contributed by atoms with Crippen LogP contribution in [-0.4, -0.2) is 22.9 Å². The summed E-state index contributed by atoms with van der Waals surface area (Å²) in [7, 11) is 0. The van der Waals surface area contributed by atoms with Gasteiger partial charge in [0.2, 0.25) is 0 Å². The van der Waals surface area contributed by atoms with E-state index in [0.29, 0.717) is 35.5 Å². The molecule has 1 saturated heterocycles. The Morgan fingerprint density at radius 2 is 2.11 bits per heavy atom. The average Bonchev–Trinajstić information content (AvgIpc) is 2.70. The number of rotatable bonds is 3. The van der Waals surface area contributed by atoms with Crippen molar-refractivity contribution >= 4 is 23.2 Å². The van der Waals surface area contributed by atoms with Gasteiger partial charge in [0.05, 0.1) is 4.92 Å². The van der Waals surface area contributed by atoms with Gasteiger partial charge in [-0.05, 0) is 12.1 Å². The van der Waals surface area contributed by atoms with Gasteiger partial charge in [0.15, 0.2) is 5.82 Å². The third-order valence-corrected chi connectivity index (χ3v) is 3.38. The van der Waals surface area contributed by atoms with Crippen LogP contribution >= 0.6 is 23.2 Å². The number of nitro groups is 1. The van der Waals surface area contributed by atoms with E-state index in [4.69, 9.17) is 23.2 Å². The van der Waals surface area contributed by atoms with Gasteiger partial charge in [0, 0.05) is 35.2 Å². The molecule has 5 nitrogen and oxygen atoms in total. The third-order valence-electron chi connectivity index (χ3n) is 2.67. The monoisotopic (exact) mass is 287 g/mol. The topological polar surface area (TPSA) is 58.4 Å². The summed E-state index contributed by atoms with van der Waals surface area (Å²) in [5, 5.41) is 14.6. The summed E-state index contributed by atoms with van der Waals surface area (Å²) in [4.78, 5) is 11.9. The lowest BCUT2D eigenvalue weighted by atomic mass is 10.2. The highest BCUT2D eigenvalue weighted by Crippen LogP contribution is 2.27. The SMILES string of the molecule is O=[N+]([O-])C=C1NCCN1Cc1c(Cl)cccc1Cl. The van der Waals surface area contributed by atoms with Crippen molar-refractivity contribution in [3.8, 4) is 0 Å². The Hall–Kier alpha value is -1.46. The lowest BCUT2D eigenvalue weighted by Crippen LogP contribution is -2.21. The molecular formula is C11H11Cl2N3O2. The van der Waals surface area contributed by atoms with Crippen molar-refractivity contribution in [3.63, 3.8) is 0 Å². The molecule has 1 aromatic carbocycles. The van der Waals surface area contributed by atoms with Crippen LogP contribution < -0.4 is 5.32 Å². The largest absolute Gasteiger partial charge is 0.365 e. The minimum absolute atomic E-state index is 0.450. The highest BCUT2D eigenvalue weighted by molar-refractivity contribution is 6.35. The summed E-state index contributed by atoms with van der Waals surface area (Å²) in [6, 6.07) is 5.27. The first-order valence-corrected chi connectivity index (χ1v) is 6.10. The van der Waals surface area contributed by atoms with Gasteiger partial charge in [-0.2, -0.15) is 0 Å². The minimum Gasteiger partial charge on any atom is -0.365 e. The fourth-order valence-corrected chi connectivity index (χ4v) is 2.33. The van der Waals surface area contributed by atoms with Gasteiger partial charge in [-0.1, -0.05) is 29.3 Å². The zero-order valence-corrected chi connectivity index (χ0v) is 10.9. The Kier molecular flexibility index (Phi) is 3.93. The summed E-state index contributed by atoms with van der Waals surface area (Å²) in [5.41, 5.74) is 0.777. The molecular weight excluding hydrogens is 277 g/mol. The molecule has 1 aliphatic heterocycles. The predicted octanol–water partition coefficient (Wildman–Crippen LogP) is 2.47. The molecule has 0 amide bonds. The Morgan fingerprint density at radius 1 is 1.44 bits per heavy atom. The Morgan fingerprint density at radius 3 is 2.72 bits per heavy atom. The summed E-state index contributed by atoms with van der Waals surface area (Å²) >= 11 is 12.2. The van der Waals surface area contributed by atoms with Gasteiger partial charge >= 0.3 is 0 Å². The highest BCUT2D eigenvalue weighted by atomic mass is 35.5. The maximum absolute atomic E-state index is 10.5. The molecule has 0 radical (unpaired) electrons. The van der Waals surface area contributed by atoms with Crippen molar-refractivity contribution in [2.24, 2.45) is 0 Å². The van der Waals surface area contributed by atoms with Crippen molar-refractivity contribution < 1.29 is 4.92 Å². The van der Waals surface area contributed by atoms with Crippen molar-refractivity contribution in [2.75, 3.05) is 13.1 Å². The Balaban J connectivity index is 2.21. The Bertz CT molecular complexity index is 485. The minimum atomic E-state index is -0.477. The number of hydrogen-bond donors (Lipinski definition) is 1. The summed E-state index contributed by atoms with van der Waals surface area (Å²) in [5.74, 6) is 0.482. The molecule has 0 saturated carbocycles. The standard InChI is InChI=1S/C11H11Cl2N3O2/c12-9-2-1-3-10(13)8(9)6-15-5-4-14-11(15)7-16(17)18/h1-3,7,14H,4-6H2. The van der Waals surface area contributed by atoms with Crippen molar-refractivity contribution in [3.05, 3.63) is 55.9 Å². The van der Waals surface area contributed by atoms with Gasteiger partial charge in [0.25, 0.3) is 6.20 Å². The van der Waals surface area contributed by atoms with E-state index in [-0.39, 0.29) is 0 Å². The Labute approximate surface area is 114 Å². The summed E-state index contributed by atoms with van der Waals surface area (Å²) in [6.45, 7) is 1.80. The molecule has 0 unspecified atom stereocenters. The van der Waals surface area contributed by atoms with Gasteiger partial charge in [-0.25, -0.2) is 0 Å². The second kappa shape index (κ2) is 5.46. The van der Waals surface area contributed by atoms with Gasteiger partial charge in [0.1, 0.15) is 0 Å². The predicted molar refractivity (Wildman–Crippen MR) is 70.0 cm³/mol. The van der Waals surface area contributed by atoms with Crippen LogP contribution in [-0.2, 0) is 6.54 Å². The van der Waals surface area contributed by atoms with Gasteiger partial charge in [-0.3, -0.25) is 10.1 Å². The smallest absolute Gasteiger partial charge is 0.274 e. The van der Waals surface area contributed by atoms with E-state index < -0.39 is 4.92 Å². The highest BCUT2D eigenvalue weighted by Gasteiger charge is 2.21. The molecule has 0 atom stereocenters. The number of hydrogen-bond acceptors (Lipinski definition) is 4. The molecule has 18 heavy (non-hydrogen) atoms. The van der Waals surface area contributed by atoms with Gasteiger partial charge < -0.3 is 10.2 Å². The number of benzene rings is 1.